The minimum Gasteiger partial charge on any atom is -0.462 e. The SMILES string of the molecule is Cc1c(C(=O)NCc2ccc(S(C)(=O)=O)cc2)nc(-c2ccc(F)cc2)n1CC[C@@H]1C[C@@H](O)CC(=O)O1. The maximum absolute atomic E-state index is 13.5. The number of carbonyl (C=O) groups excluding carboxylic acids is 2. The molecule has 0 saturated carbocycles. The molecule has 3 aromatic rings. The van der Waals surface area contributed by atoms with Crippen LogP contribution in [-0.2, 0) is 32.5 Å². The van der Waals surface area contributed by atoms with Crippen LogP contribution in [0.4, 0.5) is 4.39 Å². The molecule has 2 aromatic carbocycles. The molecule has 1 aromatic heterocycles. The number of nitrogens with one attached hydrogen (secondary N) is 1. The largest absolute Gasteiger partial charge is 0.462 e. The molecular formula is C26H28FN3O6S. The molecule has 1 fully saturated rings. The van der Waals surface area contributed by atoms with Crippen LogP contribution in [0.1, 0.15) is 41.0 Å². The molecule has 11 heteroatoms. The lowest BCUT2D eigenvalue weighted by Gasteiger charge is -2.26. The summed E-state index contributed by atoms with van der Waals surface area (Å²) in [6.07, 6.45) is 0.620. The van der Waals surface area contributed by atoms with Crippen molar-refractivity contribution in [2.45, 2.75) is 56.4 Å². The first-order valence-electron chi connectivity index (χ1n) is 11.8. The number of imidazole rings is 1. The average molecular weight is 530 g/mol. The molecule has 1 saturated heterocycles. The number of amides is 1. The lowest BCUT2D eigenvalue weighted by atomic mass is 10.0. The standard InChI is InChI=1S/C26H28FN3O6S/c1-16-24(26(33)28-15-17-3-9-22(10-4-17)37(2,34)35)29-25(18-5-7-19(27)8-6-18)30(16)12-11-21-13-20(31)14-23(32)36-21/h3-10,20-21,31H,11-15H2,1-2H3,(H,28,33)/t20-,21-/m1/s1. The van der Waals surface area contributed by atoms with Gasteiger partial charge in [0.05, 0.1) is 17.4 Å². The predicted octanol–water partition coefficient (Wildman–Crippen LogP) is 2.79. The summed E-state index contributed by atoms with van der Waals surface area (Å²) in [5, 5.41) is 12.7. The Morgan fingerprint density at radius 3 is 2.49 bits per heavy atom. The number of aromatic nitrogens is 2. The average Bonchev–Trinajstić information content (AvgIpc) is 3.17. The summed E-state index contributed by atoms with van der Waals surface area (Å²) in [5.41, 5.74) is 2.09. The molecule has 37 heavy (non-hydrogen) atoms. The zero-order valence-corrected chi connectivity index (χ0v) is 21.3. The Labute approximate surface area is 214 Å². The number of esters is 1. The summed E-state index contributed by atoms with van der Waals surface area (Å²) in [5.74, 6) is -0.815. The van der Waals surface area contributed by atoms with E-state index in [1.165, 1.54) is 24.3 Å². The highest BCUT2D eigenvalue weighted by Gasteiger charge is 2.28. The molecule has 2 atom stereocenters. The van der Waals surface area contributed by atoms with Gasteiger partial charge < -0.3 is 19.7 Å². The van der Waals surface area contributed by atoms with Gasteiger partial charge in [-0.2, -0.15) is 0 Å². The third-order valence-electron chi connectivity index (χ3n) is 6.25. The van der Waals surface area contributed by atoms with Crippen LogP contribution in [0.3, 0.4) is 0 Å². The Morgan fingerprint density at radius 2 is 1.86 bits per heavy atom. The quantitative estimate of drug-likeness (QED) is 0.430. The first kappa shape index (κ1) is 26.5. The number of benzene rings is 2. The van der Waals surface area contributed by atoms with E-state index in [1.54, 1.807) is 31.2 Å². The van der Waals surface area contributed by atoms with Crippen molar-refractivity contribution < 1.29 is 32.2 Å². The van der Waals surface area contributed by atoms with Crippen molar-refractivity contribution in [1.82, 2.24) is 14.9 Å². The van der Waals surface area contributed by atoms with Crippen LogP contribution in [0.25, 0.3) is 11.4 Å². The molecule has 1 aliphatic rings. The topological polar surface area (TPSA) is 128 Å². The fourth-order valence-electron chi connectivity index (χ4n) is 4.27. The van der Waals surface area contributed by atoms with E-state index < -0.39 is 39.7 Å². The first-order chi connectivity index (χ1) is 17.5. The van der Waals surface area contributed by atoms with Gasteiger partial charge in [0.15, 0.2) is 9.84 Å². The number of sulfone groups is 1. The van der Waals surface area contributed by atoms with Crippen molar-refractivity contribution in [3.05, 3.63) is 71.3 Å². The maximum atomic E-state index is 13.5. The summed E-state index contributed by atoms with van der Waals surface area (Å²) in [7, 11) is -3.32. The number of carbonyl (C=O) groups is 2. The van der Waals surface area contributed by atoms with Crippen LogP contribution < -0.4 is 5.32 Å². The molecule has 1 amide bonds. The number of halogens is 1. The molecule has 196 valence electrons. The molecule has 0 aliphatic carbocycles. The van der Waals surface area contributed by atoms with Gasteiger partial charge in [0, 0.05) is 43.4 Å². The lowest BCUT2D eigenvalue weighted by molar-refractivity contribution is -0.160. The highest BCUT2D eigenvalue weighted by Crippen LogP contribution is 2.25. The van der Waals surface area contributed by atoms with Gasteiger partial charge in [0.1, 0.15) is 23.4 Å². The molecule has 4 rings (SSSR count). The number of cyclic esters (lactones) is 1. The van der Waals surface area contributed by atoms with Gasteiger partial charge in [0.2, 0.25) is 0 Å². The monoisotopic (exact) mass is 529 g/mol. The fraction of sp³-hybridized carbons (Fsp3) is 0.346. The van der Waals surface area contributed by atoms with Crippen molar-refractivity contribution in [1.29, 1.82) is 0 Å². The van der Waals surface area contributed by atoms with E-state index in [9.17, 15) is 27.5 Å². The Balaban J connectivity index is 1.55. The van der Waals surface area contributed by atoms with Crippen molar-refractivity contribution in [2.24, 2.45) is 0 Å². The minimum absolute atomic E-state index is 0.0251. The van der Waals surface area contributed by atoms with Crippen molar-refractivity contribution in [3.63, 3.8) is 0 Å². The number of nitrogens with zero attached hydrogens (tertiary/aromatic N) is 2. The molecule has 9 nitrogen and oxygen atoms in total. The van der Waals surface area contributed by atoms with E-state index in [0.29, 0.717) is 42.0 Å². The second-order valence-electron chi connectivity index (χ2n) is 9.12. The van der Waals surface area contributed by atoms with Gasteiger partial charge in [-0.05, 0) is 48.9 Å². The summed E-state index contributed by atoms with van der Waals surface area (Å²) in [4.78, 5) is 29.5. The summed E-state index contributed by atoms with van der Waals surface area (Å²) in [6, 6.07) is 12.0. The Hall–Kier alpha value is -3.57. The molecular weight excluding hydrogens is 501 g/mol. The second kappa shape index (κ2) is 10.8. The van der Waals surface area contributed by atoms with Crippen molar-refractivity contribution in [3.8, 4) is 11.4 Å². The highest BCUT2D eigenvalue weighted by atomic mass is 32.2. The second-order valence-corrected chi connectivity index (χ2v) is 11.1. The Bertz CT molecular complexity index is 1400. The number of aliphatic hydroxyl groups is 1. The van der Waals surface area contributed by atoms with Crippen molar-refractivity contribution >= 4 is 21.7 Å². The van der Waals surface area contributed by atoms with Crippen LogP contribution in [0.15, 0.2) is 53.4 Å². The molecule has 0 spiro atoms. The lowest BCUT2D eigenvalue weighted by Crippen LogP contribution is -2.33. The van der Waals surface area contributed by atoms with Crippen molar-refractivity contribution in [2.75, 3.05) is 6.26 Å². The van der Waals surface area contributed by atoms with Gasteiger partial charge in [-0.3, -0.25) is 9.59 Å². The number of aliphatic hydroxyl groups excluding tert-OH is 1. The van der Waals surface area contributed by atoms with E-state index in [1.807, 2.05) is 4.57 Å². The smallest absolute Gasteiger partial charge is 0.308 e. The molecule has 0 unspecified atom stereocenters. The number of rotatable bonds is 8. The van der Waals surface area contributed by atoms with Crippen LogP contribution in [0.5, 0.6) is 0 Å². The van der Waals surface area contributed by atoms with E-state index in [4.69, 9.17) is 4.74 Å². The normalized spacial score (nSPS) is 17.9. The molecule has 2 heterocycles. The maximum Gasteiger partial charge on any atom is 0.308 e. The summed E-state index contributed by atoms with van der Waals surface area (Å²) < 4.78 is 44.0. The third-order valence-corrected chi connectivity index (χ3v) is 7.38. The van der Waals surface area contributed by atoms with E-state index in [2.05, 4.69) is 10.3 Å². The molecule has 2 N–H and O–H groups in total. The molecule has 1 aliphatic heterocycles. The van der Waals surface area contributed by atoms with E-state index in [-0.39, 0.29) is 23.6 Å². The van der Waals surface area contributed by atoms with Crippen LogP contribution in [-0.4, -0.2) is 53.4 Å². The molecule has 0 radical (unpaired) electrons. The number of hydrogen-bond donors (Lipinski definition) is 2. The summed E-state index contributed by atoms with van der Waals surface area (Å²) >= 11 is 0. The third kappa shape index (κ3) is 6.41. The van der Waals surface area contributed by atoms with Gasteiger partial charge in [-0.15, -0.1) is 0 Å². The zero-order valence-electron chi connectivity index (χ0n) is 20.5. The van der Waals surface area contributed by atoms with Gasteiger partial charge in [-0.25, -0.2) is 17.8 Å². The van der Waals surface area contributed by atoms with Gasteiger partial charge >= 0.3 is 5.97 Å². The fourth-order valence-corrected chi connectivity index (χ4v) is 4.90. The van der Waals surface area contributed by atoms with Gasteiger partial charge in [0.25, 0.3) is 5.91 Å². The van der Waals surface area contributed by atoms with Crippen LogP contribution >= 0.6 is 0 Å². The van der Waals surface area contributed by atoms with Crippen LogP contribution in [0.2, 0.25) is 0 Å². The summed E-state index contributed by atoms with van der Waals surface area (Å²) in [6.45, 7) is 2.27. The van der Waals surface area contributed by atoms with Gasteiger partial charge in [-0.1, -0.05) is 12.1 Å². The molecule has 0 bridgehead atoms. The first-order valence-corrected chi connectivity index (χ1v) is 13.7. The Kier molecular flexibility index (Phi) is 7.74. The van der Waals surface area contributed by atoms with E-state index in [0.717, 1.165) is 6.26 Å². The minimum atomic E-state index is -3.32. The highest BCUT2D eigenvalue weighted by molar-refractivity contribution is 7.90. The predicted molar refractivity (Wildman–Crippen MR) is 133 cm³/mol. The zero-order chi connectivity index (χ0) is 26.7. The Morgan fingerprint density at radius 1 is 1.19 bits per heavy atom. The van der Waals surface area contributed by atoms with Crippen LogP contribution in [0, 0.1) is 12.7 Å². The number of ether oxygens (including phenoxy) is 1. The van der Waals surface area contributed by atoms with E-state index >= 15 is 0 Å². The number of hydrogen-bond acceptors (Lipinski definition) is 7.